The van der Waals surface area contributed by atoms with Gasteiger partial charge in [-0.3, -0.25) is 9.30 Å². The molecule has 3 aromatic rings. The minimum atomic E-state index is -0.601. The van der Waals surface area contributed by atoms with E-state index in [2.05, 4.69) is 9.97 Å². The van der Waals surface area contributed by atoms with Crippen molar-refractivity contribution >= 4 is 23.2 Å². The van der Waals surface area contributed by atoms with Gasteiger partial charge in [0, 0.05) is 30.7 Å². The van der Waals surface area contributed by atoms with Crippen LogP contribution in [0.25, 0.3) is 17.0 Å². The van der Waals surface area contributed by atoms with Gasteiger partial charge < -0.3 is 10.5 Å². The molecule has 2 N–H and O–H groups in total. The first-order chi connectivity index (χ1) is 12.1. The number of amides is 1. The van der Waals surface area contributed by atoms with E-state index in [1.807, 2.05) is 0 Å². The molecule has 2 aromatic heterocycles. The summed E-state index contributed by atoms with van der Waals surface area (Å²) in [5, 5.41) is 0. The molecule has 2 heterocycles. The fourth-order valence-corrected chi connectivity index (χ4v) is 2.35. The van der Waals surface area contributed by atoms with E-state index in [9.17, 15) is 9.18 Å². The Balaban J connectivity index is 1.95. The standard InChI is InChI=1S/C18H20FN5O2/c1-18(2,3)26-17(25)23(4)12-8-21-16-22-15(10-24(16)9-12)13-7-11(20)5-6-14(13)19/h5-10H,20H2,1-4H3. The molecule has 0 radical (unpaired) electrons. The van der Waals surface area contributed by atoms with Crippen molar-refractivity contribution in [3.05, 3.63) is 42.6 Å². The number of hydrogen-bond acceptors (Lipinski definition) is 5. The van der Waals surface area contributed by atoms with E-state index in [4.69, 9.17) is 10.5 Å². The van der Waals surface area contributed by atoms with Gasteiger partial charge in [-0.1, -0.05) is 0 Å². The molecule has 0 atom stereocenters. The summed E-state index contributed by atoms with van der Waals surface area (Å²) < 4.78 is 21.0. The number of imidazole rings is 1. The number of anilines is 2. The summed E-state index contributed by atoms with van der Waals surface area (Å²) in [7, 11) is 1.59. The SMILES string of the molecule is CN(C(=O)OC(C)(C)C)c1cnc2nc(-c3cc(N)ccc3F)cn2c1. The van der Waals surface area contributed by atoms with Crippen molar-refractivity contribution in [3.63, 3.8) is 0 Å². The maximum atomic E-state index is 14.1. The second kappa shape index (κ2) is 6.29. The fraction of sp³-hybridized carbons (Fsp3) is 0.278. The van der Waals surface area contributed by atoms with Gasteiger partial charge in [-0.2, -0.15) is 0 Å². The molecule has 7 nitrogen and oxygen atoms in total. The van der Waals surface area contributed by atoms with E-state index < -0.39 is 17.5 Å². The quantitative estimate of drug-likeness (QED) is 0.710. The number of nitrogens with two attached hydrogens (primary N) is 1. The summed E-state index contributed by atoms with van der Waals surface area (Å²) in [6.07, 6.45) is 4.31. The van der Waals surface area contributed by atoms with Crippen molar-refractivity contribution in [2.75, 3.05) is 17.7 Å². The van der Waals surface area contributed by atoms with Crippen molar-refractivity contribution in [1.82, 2.24) is 14.4 Å². The summed E-state index contributed by atoms with van der Waals surface area (Å²) in [4.78, 5) is 22.1. The van der Waals surface area contributed by atoms with Crippen molar-refractivity contribution in [3.8, 4) is 11.3 Å². The third-order valence-electron chi connectivity index (χ3n) is 3.62. The molecule has 26 heavy (non-hydrogen) atoms. The van der Waals surface area contributed by atoms with Gasteiger partial charge in [-0.15, -0.1) is 0 Å². The average Bonchev–Trinajstić information content (AvgIpc) is 2.97. The molecular weight excluding hydrogens is 337 g/mol. The van der Waals surface area contributed by atoms with E-state index in [0.29, 0.717) is 22.8 Å². The largest absolute Gasteiger partial charge is 0.443 e. The van der Waals surface area contributed by atoms with Gasteiger partial charge in [0.15, 0.2) is 0 Å². The third-order valence-corrected chi connectivity index (χ3v) is 3.62. The van der Waals surface area contributed by atoms with Gasteiger partial charge in [-0.05, 0) is 39.0 Å². The lowest BCUT2D eigenvalue weighted by atomic mass is 10.1. The number of rotatable bonds is 2. The summed E-state index contributed by atoms with van der Waals surface area (Å²) in [6, 6.07) is 4.30. The van der Waals surface area contributed by atoms with Crippen LogP contribution in [0.2, 0.25) is 0 Å². The number of halogens is 1. The predicted octanol–water partition coefficient (Wildman–Crippen LogP) is 3.49. The van der Waals surface area contributed by atoms with Crippen LogP contribution in [-0.4, -0.2) is 33.1 Å². The molecular formula is C18H20FN5O2. The van der Waals surface area contributed by atoms with Crippen LogP contribution in [0, 0.1) is 5.82 Å². The Morgan fingerprint density at radius 2 is 2.04 bits per heavy atom. The predicted molar refractivity (Wildman–Crippen MR) is 97.4 cm³/mol. The minimum absolute atomic E-state index is 0.289. The Morgan fingerprint density at radius 3 is 2.73 bits per heavy atom. The smallest absolute Gasteiger partial charge is 0.414 e. The van der Waals surface area contributed by atoms with Gasteiger partial charge in [-0.25, -0.2) is 19.2 Å². The second-order valence-electron chi connectivity index (χ2n) is 6.92. The number of benzene rings is 1. The van der Waals surface area contributed by atoms with E-state index in [1.165, 1.54) is 29.3 Å². The van der Waals surface area contributed by atoms with Crippen LogP contribution >= 0.6 is 0 Å². The van der Waals surface area contributed by atoms with Crippen LogP contribution in [0.15, 0.2) is 36.8 Å². The lowest BCUT2D eigenvalue weighted by Crippen LogP contribution is -2.34. The van der Waals surface area contributed by atoms with E-state index in [0.717, 1.165) is 0 Å². The minimum Gasteiger partial charge on any atom is -0.443 e. The number of fused-ring (bicyclic) bond motifs is 1. The lowest BCUT2D eigenvalue weighted by Gasteiger charge is -2.24. The molecule has 0 saturated heterocycles. The van der Waals surface area contributed by atoms with Crippen molar-refractivity contribution < 1.29 is 13.9 Å². The first-order valence-electron chi connectivity index (χ1n) is 8.01. The van der Waals surface area contributed by atoms with Crippen LogP contribution in [-0.2, 0) is 4.74 Å². The number of carbonyl (C=O) groups excluding carboxylic acids is 1. The summed E-state index contributed by atoms with van der Waals surface area (Å²) in [5.41, 5.74) is 6.78. The molecule has 1 aromatic carbocycles. The molecule has 0 bridgehead atoms. The van der Waals surface area contributed by atoms with Crippen molar-refractivity contribution in [2.45, 2.75) is 26.4 Å². The Hall–Kier alpha value is -3.16. The Bertz CT molecular complexity index is 977. The first-order valence-corrected chi connectivity index (χ1v) is 8.01. The highest BCUT2D eigenvalue weighted by Crippen LogP contribution is 2.25. The number of nitrogen functional groups attached to an aromatic ring is 1. The van der Waals surface area contributed by atoms with Gasteiger partial charge in [0.25, 0.3) is 0 Å². The molecule has 1 amide bonds. The van der Waals surface area contributed by atoms with Gasteiger partial charge in [0.05, 0.1) is 17.6 Å². The maximum absolute atomic E-state index is 14.1. The van der Waals surface area contributed by atoms with Crippen molar-refractivity contribution in [1.29, 1.82) is 0 Å². The van der Waals surface area contributed by atoms with Crippen LogP contribution in [0.5, 0.6) is 0 Å². The van der Waals surface area contributed by atoms with Gasteiger partial charge in [0.2, 0.25) is 5.78 Å². The Morgan fingerprint density at radius 1 is 1.31 bits per heavy atom. The number of ether oxygens (including phenoxy) is 1. The normalized spacial score (nSPS) is 11.6. The zero-order valence-electron chi connectivity index (χ0n) is 15.0. The highest BCUT2D eigenvalue weighted by Gasteiger charge is 2.21. The maximum Gasteiger partial charge on any atom is 0.414 e. The van der Waals surface area contributed by atoms with Crippen LogP contribution in [0.4, 0.5) is 20.6 Å². The zero-order chi connectivity index (χ0) is 19.1. The summed E-state index contributed by atoms with van der Waals surface area (Å²) >= 11 is 0. The summed E-state index contributed by atoms with van der Waals surface area (Å²) in [5.74, 6) is -0.0446. The molecule has 0 aliphatic rings. The molecule has 3 rings (SSSR count). The Kier molecular flexibility index (Phi) is 4.27. The summed E-state index contributed by atoms with van der Waals surface area (Å²) in [6.45, 7) is 5.38. The van der Waals surface area contributed by atoms with E-state index >= 15 is 0 Å². The molecule has 0 saturated carbocycles. The average molecular weight is 357 g/mol. The zero-order valence-corrected chi connectivity index (χ0v) is 15.0. The third kappa shape index (κ3) is 3.58. The molecule has 0 fully saturated rings. The number of hydrogen-bond donors (Lipinski definition) is 1. The van der Waals surface area contributed by atoms with Crippen molar-refractivity contribution in [2.24, 2.45) is 0 Å². The lowest BCUT2D eigenvalue weighted by molar-refractivity contribution is 0.0589. The molecule has 0 aliphatic heterocycles. The van der Waals surface area contributed by atoms with Crippen LogP contribution < -0.4 is 10.6 Å². The highest BCUT2D eigenvalue weighted by atomic mass is 19.1. The number of nitrogens with zero attached hydrogens (tertiary/aromatic N) is 4. The fourth-order valence-electron chi connectivity index (χ4n) is 2.35. The van der Waals surface area contributed by atoms with Gasteiger partial charge >= 0.3 is 6.09 Å². The molecule has 8 heteroatoms. The Labute approximate surface area is 150 Å². The second-order valence-corrected chi connectivity index (χ2v) is 6.92. The van der Waals surface area contributed by atoms with Crippen LogP contribution in [0.1, 0.15) is 20.8 Å². The van der Waals surface area contributed by atoms with Gasteiger partial charge in [0.1, 0.15) is 11.4 Å². The van der Waals surface area contributed by atoms with E-state index in [1.54, 1.807) is 44.6 Å². The molecule has 0 unspecified atom stereocenters. The monoisotopic (exact) mass is 357 g/mol. The number of aromatic nitrogens is 3. The molecule has 0 spiro atoms. The number of carbonyl (C=O) groups is 1. The highest BCUT2D eigenvalue weighted by molar-refractivity contribution is 5.87. The van der Waals surface area contributed by atoms with Crippen LogP contribution in [0.3, 0.4) is 0 Å². The van der Waals surface area contributed by atoms with E-state index in [-0.39, 0.29) is 5.56 Å². The topological polar surface area (TPSA) is 85.8 Å². The molecule has 0 aliphatic carbocycles. The molecule has 136 valence electrons. The first kappa shape index (κ1) is 17.7.